The van der Waals surface area contributed by atoms with Gasteiger partial charge in [0.2, 0.25) is 0 Å². The van der Waals surface area contributed by atoms with E-state index in [4.69, 9.17) is 5.73 Å². The van der Waals surface area contributed by atoms with Gasteiger partial charge in [-0.3, -0.25) is 10.2 Å². The van der Waals surface area contributed by atoms with E-state index in [0.29, 0.717) is 24.2 Å². The van der Waals surface area contributed by atoms with Gasteiger partial charge in [-0.2, -0.15) is 0 Å². The standard InChI is InChI=1S/C13H16N6O2S/c1-12(14)13(3-2-7(4-18-12)19(13)11(20)21)9-8-10(16-5-15-9)22-6-17-8/h5-7,18H,2-4,14H2,1H3,(H,20,21). The van der Waals surface area contributed by atoms with Gasteiger partial charge in [0.05, 0.1) is 11.2 Å². The van der Waals surface area contributed by atoms with Crippen LogP contribution in [-0.4, -0.2) is 49.3 Å². The second-order valence-corrected chi connectivity index (χ2v) is 6.85. The summed E-state index contributed by atoms with van der Waals surface area (Å²) in [4.78, 5) is 27.1. The molecular weight excluding hydrogens is 304 g/mol. The molecule has 2 aliphatic rings. The van der Waals surface area contributed by atoms with Gasteiger partial charge < -0.3 is 10.8 Å². The van der Waals surface area contributed by atoms with Crippen LogP contribution < -0.4 is 11.1 Å². The van der Waals surface area contributed by atoms with Crippen LogP contribution in [-0.2, 0) is 5.54 Å². The molecule has 3 unspecified atom stereocenters. The highest BCUT2D eigenvalue weighted by Gasteiger charge is 2.63. The Morgan fingerprint density at radius 1 is 1.55 bits per heavy atom. The van der Waals surface area contributed by atoms with Gasteiger partial charge in [0, 0.05) is 12.6 Å². The van der Waals surface area contributed by atoms with E-state index in [2.05, 4.69) is 20.3 Å². The highest BCUT2D eigenvalue weighted by atomic mass is 32.1. The Balaban J connectivity index is 2.03. The summed E-state index contributed by atoms with van der Waals surface area (Å²) in [6.07, 6.45) is 1.86. The molecule has 0 saturated carbocycles. The van der Waals surface area contributed by atoms with Crippen molar-refractivity contribution in [3.63, 3.8) is 0 Å². The fourth-order valence-electron chi connectivity index (χ4n) is 3.91. The monoisotopic (exact) mass is 320 g/mol. The average molecular weight is 320 g/mol. The number of hydrogen-bond acceptors (Lipinski definition) is 7. The lowest BCUT2D eigenvalue weighted by atomic mass is 9.78. The second-order valence-electron chi connectivity index (χ2n) is 6.02. The number of amides is 1. The minimum Gasteiger partial charge on any atom is -0.465 e. The lowest BCUT2D eigenvalue weighted by Crippen LogP contribution is -2.76. The van der Waals surface area contributed by atoms with Crippen molar-refractivity contribution in [2.45, 2.75) is 37.0 Å². The average Bonchev–Trinajstić information content (AvgIpc) is 3.07. The number of nitrogens with one attached hydrogen (secondary N) is 1. The predicted octanol–water partition coefficient (Wildman–Crippen LogP) is 0.702. The Bertz CT molecular complexity index is 762. The first-order valence-corrected chi connectivity index (χ1v) is 7.96. The lowest BCUT2D eigenvalue weighted by molar-refractivity contribution is -0.0112. The lowest BCUT2D eigenvalue weighted by Gasteiger charge is -2.53. The van der Waals surface area contributed by atoms with E-state index in [1.165, 1.54) is 22.6 Å². The van der Waals surface area contributed by atoms with Crippen molar-refractivity contribution >= 4 is 27.8 Å². The number of aromatic nitrogens is 3. The number of nitrogens with two attached hydrogens (primary N) is 1. The van der Waals surface area contributed by atoms with E-state index in [-0.39, 0.29) is 6.04 Å². The van der Waals surface area contributed by atoms with Gasteiger partial charge in [0.15, 0.2) is 0 Å². The van der Waals surface area contributed by atoms with Gasteiger partial charge in [-0.15, -0.1) is 11.3 Å². The van der Waals surface area contributed by atoms with Crippen LogP contribution >= 0.6 is 11.3 Å². The van der Waals surface area contributed by atoms with Gasteiger partial charge in [-0.25, -0.2) is 19.7 Å². The molecule has 4 rings (SSSR count). The molecule has 2 aromatic heterocycles. The zero-order chi connectivity index (χ0) is 15.5. The number of nitrogens with zero attached hydrogens (tertiary/aromatic N) is 4. The van der Waals surface area contributed by atoms with Crippen LogP contribution in [0.15, 0.2) is 11.8 Å². The van der Waals surface area contributed by atoms with Crippen molar-refractivity contribution in [1.29, 1.82) is 0 Å². The third-order valence-corrected chi connectivity index (χ3v) is 5.65. The van der Waals surface area contributed by atoms with Crippen LogP contribution in [0.2, 0.25) is 0 Å². The minimum atomic E-state index is -0.970. The largest absolute Gasteiger partial charge is 0.465 e. The zero-order valence-corrected chi connectivity index (χ0v) is 12.8. The molecule has 0 aromatic carbocycles. The third-order valence-electron chi connectivity index (χ3n) is 4.91. The summed E-state index contributed by atoms with van der Waals surface area (Å²) in [6.45, 7) is 2.37. The fraction of sp³-hybridized carbons (Fsp3) is 0.538. The summed E-state index contributed by atoms with van der Waals surface area (Å²) in [5, 5.41) is 13.1. The molecule has 0 radical (unpaired) electrons. The van der Waals surface area contributed by atoms with Gasteiger partial charge in [0.1, 0.15) is 27.9 Å². The smallest absolute Gasteiger partial charge is 0.408 e. The van der Waals surface area contributed by atoms with Gasteiger partial charge in [0.25, 0.3) is 0 Å². The summed E-state index contributed by atoms with van der Waals surface area (Å²) in [5.74, 6) is 0. The molecule has 116 valence electrons. The molecule has 4 heterocycles. The Labute approximate surface area is 130 Å². The summed E-state index contributed by atoms with van der Waals surface area (Å²) < 4.78 is 0. The van der Waals surface area contributed by atoms with Crippen molar-refractivity contribution in [3.05, 3.63) is 17.5 Å². The molecule has 1 amide bonds. The van der Waals surface area contributed by atoms with E-state index in [9.17, 15) is 9.90 Å². The molecule has 0 aliphatic carbocycles. The van der Waals surface area contributed by atoms with Gasteiger partial charge in [-0.05, 0) is 19.8 Å². The Kier molecular flexibility index (Phi) is 2.72. The number of rotatable bonds is 1. The van der Waals surface area contributed by atoms with Crippen molar-refractivity contribution in [2.75, 3.05) is 6.54 Å². The maximum atomic E-state index is 11.9. The summed E-state index contributed by atoms with van der Waals surface area (Å²) in [7, 11) is 0. The molecule has 2 aromatic rings. The van der Waals surface area contributed by atoms with E-state index < -0.39 is 17.3 Å². The topological polar surface area (TPSA) is 117 Å². The van der Waals surface area contributed by atoms with Crippen LogP contribution in [0, 0.1) is 0 Å². The number of piperazine rings is 1. The molecule has 2 aliphatic heterocycles. The normalized spacial score (nSPS) is 34.3. The molecular formula is C13H16N6O2S. The Morgan fingerprint density at radius 3 is 3.14 bits per heavy atom. The summed E-state index contributed by atoms with van der Waals surface area (Å²) in [6, 6.07) is -0.0993. The first kappa shape index (κ1) is 13.8. The first-order chi connectivity index (χ1) is 10.5. The zero-order valence-electron chi connectivity index (χ0n) is 12.0. The molecule has 8 nitrogen and oxygen atoms in total. The van der Waals surface area contributed by atoms with Crippen LogP contribution in [0.25, 0.3) is 10.3 Å². The second kappa shape index (κ2) is 4.34. The van der Waals surface area contributed by atoms with Crippen LogP contribution in [0.3, 0.4) is 0 Å². The molecule has 9 heteroatoms. The predicted molar refractivity (Wildman–Crippen MR) is 80.4 cm³/mol. The molecule has 0 spiro atoms. The van der Waals surface area contributed by atoms with E-state index in [1.807, 2.05) is 6.92 Å². The third kappa shape index (κ3) is 1.53. The molecule has 2 fully saturated rings. The Hall–Kier alpha value is -1.84. The minimum absolute atomic E-state index is 0.0993. The van der Waals surface area contributed by atoms with Crippen molar-refractivity contribution < 1.29 is 9.90 Å². The van der Waals surface area contributed by atoms with Gasteiger partial charge in [-0.1, -0.05) is 0 Å². The van der Waals surface area contributed by atoms with E-state index >= 15 is 0 Å². The number of carbonyl (C=O) groups is 1. The van der Waals surface area contributed by atoms with Gasteiger partial charge >= 0.3 is 6.09 Å². The van der Waals surface area contributed by atoms with Crippen LogP contribution in [0.5, 0.6) is 0 Å². The van der Waals surface area contributed by atoms with Crippen molar-refractivity contribution in [3.8, 4) is 0 Å². The Morgan fingerprint density at radius 2 is 2.36 bits per heavy atom. The molecule has 2 saturated heterocycles. The van der Waals surface area contributed by atoms with Crippen molar-refractivity contribution in [2.24, 2.45) is 5.73 Å². The number of hydrogen-bond donors (Lipinski definition) is 3. The quantitative estimate of drug-likeness (QED) is 0.708. The molecule has 4 N–H and O–H groups in total. The van der Waals surface area contributed by atoms with E-state index in [0.717, 1.165) is 11.3 Å². The number of fused-ring (bicyclic) bond motifs is 3. The first-order valence-electron chi connectivity index (χ1n) is 7.08. The molecule has 3 atom stereocenters. The molecule has 2 bridgehead atoms. The highest BCUT2D eigenvalue weighted by Crippen LogP contribution is 2.50. The summed E-state index contributed by atoms with van der Waals surface area (Å²) in [5.41, 5.74) is 7.58. The maximum absolute atomic E-state index is 11.9. The SMILES string of the molecule is CC1(N)NCC2CCC1(c1ncnc3scnc13)N2C(=O)O. The number of carboxylic acid groups (broad SMARTS) is 1. The number of thiazole rings is 1. The van der Waals surface area contributed by atoms with E-state index in [1.54, 1.807) is 5.51 Å². The fourth-order valence-corrected chi connectivity index (χ4v) is 4.54. The maximum Gasteiger partial charge on any atom is 0.408 e. The van der Waals surface area contributed by atoms with Crippen LogP contribution in [0.1, 0.15) is 25.5 Å². The van der Waals surface area contributed by atoms with Crippen molar-refractivity contribution in [1.82, 2.24) is 25.2 Å². The van der Waals surface area contributed by atoms with Crippen LogP contribution in [0.4, 0.5) is 4.79 Å². The summed E-state index contributed by atoms with van der Waals surface area (Å²) >= 11 is 1.41. The highest BCUT2D eigenvalue weighted by molar-refractivity contribution is 7.16. The molecule has 22 heavy (non-hydrogen) atoms.